The lowest BCUT2D eigenvalue weighted by Gasteiger charge is -2.11. The predicted molar refractivity (Wildman–Crippen MR) is 144 cm³/mol. The van der Waals surface area contributed by atoms with Crippen LogP contribution in [0.1, 0.15) is 35.2 Å². The number of amides is 1. The smallest absolute Gasteiger partial charge is 0.412 e. The highest BCUT2D eigenvalue weighted by molar-refractivity contribution is 9.08. The number of aryl methyl sites for hydroxylation is 1. The zero-order valence-corrected chi connectivity index (χ0v) is 21.7. The van der Waals surface area contributed by atoms with Gasteiger partial charge >= 0.3 is 12.1 Å². The van der Waals surface area contributed by atoms with Crippen LogP contribution in [0.2, 0.25) is 0 Å². The summed E-state index contributed by atoms with van der Waals surface area (Å²) in [5, 5.41) is 17.0. The quantitative estimate of drug-likeness (QED) is 0.223. The molecule has 0 radical (unpaired) electrons. The van der Waals surface area contributed by atoms with Crippen molar-refractivity contribution in [1.82, 2.24) is 5.16 Å². The molecular weight excluding hydrogens is 536 g/mol. The summed E-state index contributed by atoms with van der Waals surface area (Å²) >= 11 is 3.43. The Morgan fingerprint density at radius 1 is 1.00 bits per heavy atom. The number of carboxylic acids is 1. The predicted octanol–water partition coefficient (Wildman–Crippen LogP) is 7.08. The highest BCUT2D eigenvalue weighted by atomic mass is 79.9. The minimum Gasteiger partial charge on any atom is -0.481 e. The van der Waals surface area contributed by atoms with Gasteiger partial charge in [-0.25, -0.2) is 4.79 Å². The standard InChI is InChI=1S/C29H25BrN2O5/c1-18-25(31-28(35)36-17-20-4-2-3-19(15-20)16-30)26(37-32-18)23-7-5-21(6-8-23)22-9-11-24(12-10-22)29(13-14-29)27(33)34/h2-12,15H,13-14,16-17H2,1H3,(H,31,35)(H,33,34). The van der Waals surface area contributed by atoms with Crippen molar-refractivity contribution in [3.8, 4) is 22.5 Å². The fourth-order valence-electron chi connectivity index (χ4n) is 4.35. The Hall–Kier alpha value is -3.91. The van der Waals surface area contributed by atoms with Crippen molar-refractivity contribution in [1.29, 1.82) is 0 Å². The number of carbonyl (C=O) groups is 2. The largest absolute Gasteiger partial charge is 0.481 e. The Morgan fingerprint density at radius 2 is 1.62 bits per heavy atom. The van der Waals surface area contributed by atoms with Crippen LogP contribution >= 0.6 is 15.9 Å². The minimum atomic E-state index is -0.760. The molecule has 0 unspecified atom stereocenters. The lowest BCUT2D eigenvalue weighted by Crippen LogP contribution is -2.19. The van der Waals surface area contributed by atoms with Crippen LogP contribution in [0.3, 0.4) is 0 Å². The van der Waals surface area contributed by atoms with Gasteiger partial charge in [0, 0.05) is 10.9 Å². The van der Waals surface area contributed by atoms with E-state index in [0.29, 0.717) is 30.0 Å². The van der Waals surface area contributed by atoms with Crippen LogP contribution in [0.4, 0.5) is 10.5 Å². The number of hydrogen-bond acceptors (Lipinski definition) is 5. The molecule has 1 amide bonds. The molecule has 0 saturated heterocycles. The first kappa shape index (κ1) is 24.8. The van der Waals surface area contributed by atoms with Gasteiger partial charge in [-0.1, -0.05) is 93.9 Å². The number of aliphatic carboxylic acids is 1. The number of nitrogens with zero attached hydrogens (tertiary/aromatic N) is 1. The molecule has 0 bridgehead atoms. The summed E-state index contributed by atoms with van der Waals surface area (Å²) in [5.41, 5.74) is 5.84. The molecule has 4 aromatic rings. The van der Waals surface area contributed by atoms with E-state index in [2.05, 4.69) is 26.4 Å². The van der Waals surface area contributed by atoms with Crippen LogP contribution in [-0.2, 0) is 26.9 Å². The molecule has 1 aliphatic rings. The first-order chi connectivity index (χ1) is 17.9. The van der Waals surface area contributed by atoms with Crippen molar-refractivity contribution >= 4 is 33.7 Å². The summed E-state index contributed by atoms with van der Waals surface area (Å²) in [5.74, 6) is -0.320. The third-order valence-electron chi connectivity index (χ3n) is 6.68. The molecule has 0 aliphatic heterocycles. The number of nitrogens with one attached hydrogen (secondary N) is 1. The molecule has 1 aromatic heterocycles. The maximum absolute atomic E-state index is 12.5. The second-order valence-corrected chi connectivity index (χ2v) is 9.73. The van der Waals surface area contributed by atoms with Gasteiger partial charge in [0.1, 0.15) is 18.0 Å². The summed E-state index contributed by atoms with van der Waals surface area (Å²) in [6.45, 7) is 1.90. The molecule has 5 rings (SSSR count). The number of alkyl halides is 1. The van der Waals surface area contributed by atoms with E-state index >= 15 is 0 Å². The molecule has 7 nitrogen and oxygen atoms in total. The van der Waals surface area contributed by atoms with Gasteiger partial charge in [-0.3, -0.25) is 10.1 Å². The molecule has 1 fully saturated rings. The number of aromatic nitrogens is 1. The van der Waals surface area contributed by atoms with Gasteiger partial charge in [0.2, 0.25) is 0 Å². The van der Waals surface area contributed by atoms with Crippen molar-refractivity contribution < 1.29 is 24.0 Å². The number of rotatable bonds is 8. The fraction of sp³-hybridized carbons (Fsp3) is 0.207. The monoisotopic (exact) mass is 560 g/mol. The Labute approximate surface area is 222 Å². The Bertz CT molecular complexity index is 1440. The minimum absolute atomic E-state index is 0.146. The normalized spacial score (nSPS) is 13.7. The van der Waals surface area contributed by atoms with E-state index < -0.39 is 17.5 Å². The molecule has 1 aliphatic carbocycles. The molecule has 188 valence electrons. The second kappa shape index (κ2) is 10.2. The van der Waals surface area contributed by atoms with Crippen molar-refractivity contribution in [2.45, 2.75) is 37.1 Å². The Balaban J connectivity index is 1.27. The average molecular weight is 561 g/mol. The van der Waals surface area contributed by atoms with E-state index in [4.69, 9.17) is 9.26 Å². The lowest BCUT2D eigenvalue weighted by atomic mass is 9.93. The van der Waals surface area contributed by atoms with Gasteiger partial charge in [-0.2, -0.15) is 0 Å². The Kier molecular flexibility index (Phi) is 6.84. The van der Waals surface area contributed by atoms with Gasteiger partial charge in [0.15, 0.2) is 5.76 Å². The van der Waals surface area contributed by atoms with E-state index in [1.165, 1.54) is 0 Å². The molecule has 8 heteroatoms. The van der Waals surface area contributed by atoms with Gasteiger partial charge < -0.3 is 14.4 Å². The van der Waals surface area contributed by atoms with Crippen molar-refractivity contribution in [3.05, 3.63) is 95.2 Å². The van der Waals surface area contributed by atoms with E-state index in [9.17, 15) is 14.7 Å². The van der Waals surface area contributed by atoms with E-state index in [1.54, 1.807) is 6.92 Å². The van der Waals surface area contributed by atoms with Gasteiger partial charge in [-0.05, 0) is 47.6 Å². The molecule has 1 heterocycles. The Morgan fingerprint density at radius 3 is 2.24 bits per heavy atom. The topological polar surface area (TPSA) is 102 Å². The average Bonchev–Trinajstić information content (AvgIpc) is 3.67. The van der Waals surface area contributed by atoms with Crippen LogP contribution in [0.5, 0.6) is 0 Å². The SMILES string of the molecule is Cc1noc(-c2ccc(-c3ccc(C4(C(=O)O)CC4)cc3)cc2)c1NC(=O)OCc1cccc(CBr)c1. The molecule has 37 heavy (non-hydrogen) atoms. The number of halogens is 1. The van der Waals surface area contributed by atoms with Gasteiger partial charge in [-0.15, -0.1) is 0 Å². The number of carboxylic acid groups (broad SMARTS) is 1. The summed E-state index contributed by atoms with van der Waals surface area (Å²) in [4.78, 5) is 24.1. The van der Waals surface area contributed by atoms with Crippen LogP contribution in [0.15, 0.2) is 77.3 Å². The van der Waals surface area contributed by atoms with Crippen LogP contribution in [0.25, 0.3) is 22.5 Å². The number of anilines is 1. The van der Waals surface area contributed by atoms with E-state index in [-0.39, 0.29) is 6.61 Å². The van der Waals surface area contributed by atoms with Crippen molar-refractivity contribution in [2.75, 3.05) is 5.32 Å². The molecule has 2 N–H and O–H groups in total. The maximum Gasteiger partial charge on any atom is 0.412 e. The number of ether oxygens (including phenoxy) is 1. The number of carbonyl (C=O) groups excluding carboxylic acids is 1. The molecule has 0 atom stereocenters. The first-order valence-corrected chi connectivity index (χ1v) is 13.0. The fourth-order valence-corrected chi connectivity index (χ4v) is 4.70. The zero-order valence-electron chi connectivity index (χ0n) is 20.2. The highest BCUT2D eigenvalue weighted by Crippen LogP contribution is 2.48. The first-order valence-electron chi connectivity index (χ1n) is 11.9. The number of hydrogen-bond donors (Lipinski definition) is 2. The van der Waals surface area contributed by atoms with Crippen molar-refractivity contribution in [2.24, 2.45) is 0 Å². The molecule has 3 aromatic carbocycles. The van der Waals surface area contributed by atoms with Crippen LogP contribution < -0.4 is 5.32 Å². The van der Waals surface area contributed by atoms with E-state index in [0.717, 1.165) is 38.7 Å². The zero-order chi connectivity index (χ0) is 26.0. The van der Waals surface area contributed by atoms with Crippen LogP contribution in [0, 0.1) is 6.92 Å². The summed E-state index contributed by atoms with van der Waals surface area (Å²) in [7, 11) is 0. The summed E-state index contributed by atoms with van der Waals surface area (Å²) < 4.78 is 10.9. The van der Waals surface area contributed by atoms with Gasteiger partial charge in [0.25, 0.3) is 0 Å². The number of benzene rings is 3. The molecular formula is C29H25BrN2O5. The van der Waals surface area contributed by atoms with Crippen LogP contribution in [-0.4, -0.2) is 22.3 Å². The molecule has 0 spiro atoms. The van der Waals surface area contributed by atoms with E-state index in [1.807, 2.05) is 72.8 Å². The summed E-state index contributed by atoms with van der Waals surface area (Å²) in [6, 6.07) is 23.2. The lowest BCUT2D eigenvalue weighted by molar-refractivity contribution is -0.140. The third kappa shape index (κ3) is 5.15. The van der Waals surface area contributed by atoms with Gasteiger partial charge in [0.05, 0.1) is 5.41 Å². The summed E-state index contributed by atoms with van der Waals surface area (Å²) in [6.07, 6.45) is 0.769. The van der Waals surface area contributed by atoms with Crippen molar-refractivity contribution in [3.63, 3.8) is 0 Å². The second-order valence-electron chi connectivity index (χ2n) is 9.17. The highest BCUT2D eigenvalue weighted by Gasteiger charge is 2.51. The molecule has 1 saturated carbocycles. The maximum atomic E-state index is 12.5. The third-order valence-corrected chi connectivity index (χ3v) is 7.33.